The standard InChI is InChI=1S/C15H17N5O/c1-10(2)19-7-8-20(15(19)21)13-6-4-3-5-11(13)12-9-14(16)18-17-12/h3-10H,1-2H3,(H3,16,17,18). The van der Waals surface area contributed by atoms with E-state index in [1.165, 1.54) is 0 Å². The summed E-state index contributed by atoms with van der Waals surface area (Å²) in [6.45, 7) is 3.96. The molecule has 3 N–H and O–H groups in total. The van der Waals surface area contributed by atoms with Gasteiger partial charge in [0, 0.05) is 30.1 Å². The SMILES string of the molecule is CC(C)n1ccn(-c2ccccc2-c2cc(N)n[nH]2)c1=O. The summed E-state index contributed by atoms with van der Waals surface area (Å²) in [5.41, 5.74) is 8.06. The van der Waals surface area contributed by atoms with Gasteiger partial charge >= 0.3 is 5.69 Å². The first kappa shape index (κ1) is 13.2. The van der Waals surface area contributed by atoms with Gasteiger partial charge in [0.25, 0.3) is 0 Å². The second-order valence-electron chi connectivity index (χ2n) is 5.18. The van der Waals surface area contributed by atoms with Gasteiger partial charge < -0.3 is 5.73 Å². The van der Waals surface area contributed by atoms with Crippen LogP contribution >= 0.6 is 0 Å². The minimum Gasteiger partial charge on any atom is -0.382 e. The molecule has 0 bridgehead atoms. The molecule has 2 heterocycles. The average molecular weight is 283 g/mol. The quantitative estimate of drug-likeness (QED) is 0.773. The van der Waals surface area contributed by atoms with Crippen molar-refractivity contribution in [2.24, 2.45) is 0 Å². The molecule has 3 aromatic rings. The van der Waals surface area contributed by atoms with Crippen LogP contribution in [0.5, 0.6) is 0 Å². The predicted molar refractivity (Wildman–Crippen MR) is 82.4 cm³/mol. The third kappa shape index (κ3) is 2.24. The number of nitrogens with two attached hydrogens (primary N) is 1. The summed E-state index contributed by atoms with van der Waals surface area (Å²) < 4.78 is 3.32. The van der Waals surface area contributed by atoms with E-state index in [4.69, 9.17) is 5.73 Å². The normalized spacial score (nSPS) is 11.2. The maximum atomic E-state index is 12.5. The third-order valence-corrected chi connectivity index (χ3v) is 3.41. The fourth-order valence-corrected chi connectivity index (χ4v) is 2.35. The summed E-state index contributed by atoms with van der Waals surface area (Å²) in [6, 6.07) is 9.52. The number of benzene rings is 1. The summed E-state index contributed by atoms with van der Waals surface area (Å²) in [7, 11) is 0. The average Bonchev–Trinajstić information content (AvgIpc) is 3.05. The largest absolute Gasteiger partial charge is 0.382 e. The van der Waals surface area contributed by atoms with E-state index >= 15 is 0 Å². The number of para-hydroxylation sites is 1. The lowest BCUT2D eigenvalue weighted by atomic mass is 10.1. The molecule has 0 unspecified atom stereocenters. The zero-order valence-corrected chi connectivity index (χ0v) is 11.9. The number of hydrogen-bond donors (Lipinski definition) is 2. The Bertz CT molecular complexity index is 824. The molecular weight excluding hydrogens is 266 g/mol. The molecule has 0 saturated heterocycles. The molecule has 0 amide bonds. The van der Waals surface area contributed by atoms with Gasteiger partial charge in [0.15, 0.2) is 0 Å². The molecule has 2 aromatic heterocycles. The molecule has 108 valence electrons. The van der Waals surface area contributed by atoms with Crippen LogP contribution in [0.3, 0.4) is 0 Å². The van der Waals surface area contributed by atoms with Crippen molar-refractivity contribution in [2.75, 3.05) is 5.73 Å². The molecule has 0 fully saturated rings. The topological polar surface area (TPSA) is 81.6 Å². The molecule has 1 aromatic carbocycles. The number of hydrogen-bond acceptors (Lipinski definition) is 3. The number of nitrogens with zero attached hydrogens (tertiary/aromatic N) is 3. The van der Waals surface area contributed by atoms with Crippen molar-refractivity contribution < 1.29 is 0 Å². The zero-order chi connectivity index (χ0) is 15.0. The molecule has 0 saturated carbocycles. The fourth-order valence-electron chi connectivity index (χ4n) is 2.35. The number of nitrogen functional groups attached to an aromatic ring is 1. The highest BCUT2D eigenvalue weighted by atomic mass is 16.1. The molecule has 0 radical (unpaired) electrons. The van der Waals surface area contributed by atoms with Crippen molar-refractivity contribution in [3.05, 3.63) is 53.2 Å². The van der Waals surface area contributed by atoms with Crippen LogP contribution in [0.4, 0.5) is 5.82 Å². The lowest BCUT2D eigenvalue weighted by molar-refractivity contribution is 0.574. The van der Waals surface area contributed by atoms with Crippen LogP contribution in [-0.4, -0.2) is 19.3 Å². The molecule has 6 nitrogen and oxygen atoms in total. The number of aromatic nitrogens is 4. The van der Waals surface area contributed by atoms with E-state index in [0.29, 0.717) is 5.82 Å². The third-order valence-electron chi connectivity index (χ3n) is 3.41. The van der Waals surface area contributed by atoms with Crippen LogP contribution in [0, 0.1) is 0 Å². The van der Waals surface area contributed by atoms with Crippen LogP contribution in [0.1, 0.15) is 19.9 Å². The molecule has 21 heavy (non-hydrogen) atoms. The van der Waals surface area contributed by atoms with E-state index in [-0.39, 0.29) is 11.7 Å². The molecule has 0 aliphatic carbocycles. The van der Waals surface area contributed by atoms with E-state index in [2.05, 4.69) is 10.2 Å². The van der Waals surface area contributed by atoms with Gasteiger partial charge in [0.05, 0.1) is 11.4 Å². The maximum Gasteiger partial charge on any atom is 0.332 e. The van der Waals surface area contributed by atoms with Gasteiger partial charge in [-0.25, -0.2) is 4.79 Å². The smallest absolute Gasteiger partial charge is 0.332 e. The van der Waals surface area contributed by atoms with Crippen molar-refractivity contribution in [3.8, 4) is 16.9 Å². The molecule has 0 atom stereocenters. The Balaban J connectivity index is 2.18. The highest BCUT2D eigenvalue weighted by molar-refractivity contribution is 5.71. The Morgan fingerprint density at radius 2 is 2.00 bits per heavy atom. The van der Waals surface area contributed by atoms with Crippen LogP contribution in [0.15, 0.2) is 47.5 Å². The van der Waals surface area contributed by atoms with Crippen LogP contribution in [0.2, 0.25) is 0 Å². The van der Waals surface area contributed by atoms with E-state index in [1.807, 2.05) is 38.1 Å². The highest BCUT2D eigenvalue weighted by Gasteiger charge is 2.13. The summed E-state index contributed by atoms with van der Waals surface area (Å²) in [5.74, 6) is 0.423. The van der Waals surface area contributed by atoms with Gasteiger partial charge in [0.1, 0.15) is 5.82 Å². The Morgan fingerprint density at radius 3 is 2.62 bits per heavy atom. The predicted octanol–water partition coefficient (Wildman–Crippen LogP) is 2.19. The number of H-pyrrole nitrogens is 1. The monoisotopic (exact) mass is 283 g/mol. The number of nitrogens with one attached hydrogen (secondary N) is 1. The van der Waals surface area contributed by atoms with Crippen molar-refractivity contribution in [2.45, 2.75) is 19.9 Å². The summed E-state index contributed by atoms with van der Waals surface area (Å²) in [5, 5.41) is 6.83. The Kier molecular flexibility index (Phi) is 3.13. The molecule has 0 aliphatic rings. The van der Waals surface area contributed by atoms with Crippen LogP contribution < -0.4 is 11.4 Å². The maximum absolute atomic E-state index is 12.5. The second-order valence-corrected chi connectivity index (χ2v) is 5.18. The summed E-state index contributed by atoms with van der Waals surface area (Å²) in [6.07, 6.45) is 3.58. The lowest BCUT2D eigenvalue weighted by Gasteiger charge is -2.09. The Labute approximate surface area is 121 Å². The first-order valence-corrected chi connectivity index (χ1v) is 6.78. The lowest BCUT2D eigenvalue weighted by Crippen LogP contribution is -2.24. The molecule has 0 aliphatic heterocycles. The minimum absolute atomic E-state index is 0.0649. The van der Waals surface area contributed by atoms with Gasteiger partial charge in [0.2, 0.25) is 0 Å². The van der Waals surface area contributed by atoms with E-state index in [0.717, 1.165) is 16.9 Å². The van der Waals surface area contributed by atoms with Gasteiger partial charge in [-0.2, -0.15) is 5.10 Å². The summed E-state index contributed by atoms with van der Waals surface area (Å²) >= 11 is 0. The number of anilines is 1. The number of imidazole rings is 1. The molecular formula is C15H17N5O. The van der Waals surface area contributed by atoms with Gasteiger partial charge in [-0.3, -0.25) is 14.2 Å². The first-order chi connectivity index (χ1) is 10.1. The van der Waals surface area contributed by atoms with Crippen molar-refractivity contribution in [1.82, 2.24) is 19.3 Å². The first-order valence-electron chi connectivity index (χ1n) is 6.78. The van der Waals surface area contributed by atoms with Crippen molar-refractivity contribution in [1.29, 1.82) is 0 Å². The van der Waals surface area contributed by atoms with Crippen LogP contribution in [0.25, 0.3) is 16.9 Å². The van der Waals surface area contributed by atoms with Crippen molar-refractivity contribution in [3.63, 3.8) is 0 Å². The summed E-state index contributed by atoms with van der Waals surface area (Å²) in [4.78, 5) is 12.5. The zero-order valence-electron chi connectivity index (χ0n) is 11.9. The highest BCUT2D eigenvalue weighted by Crippen LogP contribution is 2.25. The minimum atomic E-state index is -0.0649. The van der Waals surface area contributed by atoms with E-state index in [1.54, 1.807) is 27.6 Å². The Hall–Kier alpha value is -2.76. The molecule has 6 heteroatoms. The van der Waals surface area contributed by atoms with Crippen molar-refractivity contribution >= 4 is 5.82 Å². The van der Waals surface area contributed by atoms with E-state index in [9.17, 15) is 4.79 Å². The Morgan fingerprint density at radius 1 is 1.24 bits per heavy atom. The number of rotatable bonds is 3. The van der Waals surface area contributed by atoms with Gasteiger partial charge in [-0.1, -0.05) is 18.2 Å². The van der Waals surface area contributed by atoms with Gasteiger partial charge in [-0.05, 0) is 19.9 Å². The van der Waals surface area contributed by atoms with Gasteiger partial charge in [-0.15, -0.1) is 0 Å². The van der Waals surface area contributed by atoms with E-state index < -0.39 is 0 Å². The molecule has 0 spiro atoms. The fraction of sp³-hybridized carbons (Fsp3) is 0.200. The second kappa shape index (κ2) is 4.97. The number of aromatic amines is 1. The molecule has 3 rings (SSSR count). The van der Waals surface area contributed by atoms with Crippen LogP contribution in [-0.2, 0) is 0 Å².